The van der Waals surface area contributed by atoms with Crippen molar-refractivity contribution in [2.45, 2.75) is 129 Å². The molecule has 0 spiro atoms. The lowest BCUT2D eigenvalue weighted by atomic mass is 9.68. The van der Waals surface area contributed by atoms with Crippen molar-refractivity contribution in [2.75, 3.05) is 0 Å². The van der Waals surface area contributed by atoms with Crippen LogP contribution in [0.4, 0.5) is 4.39 Å². The van der Waals surface area contributed by atoms with Crippen molar-refractivity contribution in [2.24, 2.45) is 23.7 Å². The number of halogens is 1. The van der Waals surface area contributed by atoms with Gasteiger partial charge in [0.25, 0.3) is 0 Å². The second kappa shape index (κ2) is 14.8. The molecule has 2 aliphatic rings. The van der Waals surface area contributed by atoms with Gasteiger partial charge in [0.05, 0.1) is 11.6 Å². The molecule has 1 nitrogen and oxygen atoms in total. The van der Waals surface area contributed by atoms with E-state index in [1.54, 1.807) is 6.07 Å². The minimum Gasteiger partial charge on any atom is -0.207 e. The maximum atomic E-state index is 14.1. The molecule has 2 saturated carbocycles. The molecule has 0 aromatic heterocycles. The SMILES string of the molecule is CCCCCCCCCCC1CCC(C2CCC(CCc3ccc(C#N)cc3F)CC2)CC1. The Kier molecular flexibility index (Phi) is 11.8. The predicted molar refractivity (Wildman–Crippen MR) is 138 cm³/mol. The monoisotopic (exact) mass is 453 g/mol. The normalized spacial score (nSPS) is 25.6. The van der Waals surface area contributed by atoms with Crippen LogP contribution in [0.5, 0.6) is 0 Å². The lowest BCUT2D eigenvalue weighted by molar-refractivity contribution is 0.140. The average molecular weight is 454 g/mol. The van der Waals surface area contributed by atoms with Gasteiger partial charge in [-0.1, -0.05) is 96.5 Å². The Morgan fingerprint density at radius 2 is 1.30 bits per heavy atom. The second-order valence-corrected chi connectivity index (χ2v) is 11.3. The molecule has 0 amide bonds. The fourth-order valence-electron chi connectivity index (χ4n) is 6.64. The molecule has 0 bridgehead atoms. The van der Waals surface area contributed by atoms with Gasteiger partial charge in [-0.05, 0) is 79.9 Å². The lowest BCUT2D eigenvalue weighted by Gasteiger charge is -2.38. The fraction of sp³-hybridized carbons (Fsp3) is 0.774. The molecule has 0 atom stereocenters. The highest BCUT2D eigenvalue weighted by Crippen LogP contribution is 2.43. The van der Waals surface area contributed by atoms with Crippen molar-refractivity contribution in [1.82, 2.24) is 0 Å². The van der Waals surface area contributed by atoms with Gasteiger partial charge in [-0.3, -0.25) is 0 Å². The Bertz CT molecular complexity index is 704. The zero-order chi connectivity index (χ0) is 23.3. The van der Waals surface area contributed by atoms with Gasteiger partial charge in [-0.15, -0.1) is 0 Å². The Morgan fingerprint density at radius 3 is 1.85 bits per heavy atom. The van der Waals surface area contributed by atoms with E-state index in [1.807, 2.05) is 12.1 Å². The summed E-state index contributed by atoms with van der Waals surface area (Å²) in [6.07, 6.45) is 26.3. The lowest BCUT2D eigenvalue weighted by Crippen LogP contribution is -2.26. The Morgan fingerprint density at radius 1 is 0.758 bits per heavy atom. The summed E-state index contributed by atoms with van der Waals surface area (Å²) >= 11 is 0. The number of unbranched alkanes of at least 4 members (excludes halogenated alkanes) is 7. The number of hydrogen-bond acceptors (Lipinski definition) is 1. The molecule has 2 fully saturated rings. The molecule has 2 heteroatoms. The van der Waals surface area contributed by atoms with E-state index in [0.29, 0.717) is 5.56 Å². The van der Waals surface area contributed by atoms with Crippen LogP contribution >= 0.6 is 0 Å². The van der Waals surface area contributed by atoms with Crippen molar-refractivity contribution >= 4 is 0 Å². The number of aryl methyl sites for hydroxylation is 1. The van der Waals surface area contributed by atoms with Crippen molar-refractivity contribution in [3.8, 4) is 6.07 Å². The summed E-state index contributed by atoms with van der Waals surface area (Å²) in [6, 6.07) is 6.97. The first-order valence-electron chi connectivity index (χ1n) is 14.4. The minimum absolute atomic E-state index is 0.202. The van der Waals surface area contributed by atoms with Crippen LogP contribution in [0.25, 0.3) is 0 Å². The number of hydrogen-bond donors (Lipinski definition) is 0. The molecule has 0 heterocycles. The van der Waals surface area contributed by atoms with Gasteiger partial charge in [0.15, 0.2) is 0 Å². The highest BCUT2D eigenvalue weighted by atomic mass is 19.1. The number of benzene rings is 1. The van der Waals surface area contributed by atoms with Crippen LogP contribution in [0.2, 0.25) is 0 Å². The summed E-state index contributed by atoms with van der Waals surface area (Å²) in [6.45, 7) is 2.30. The van der Waals surface area contributed by atoms with Gasteiger partial charge in [-0.2, -0.15) is 5.26 Å². The molecule has 0 unspecified atom stereocenters. The maximum absolute atomic E-state index is 14.1. The first kappa shape index (κ1) is 26.2. The predicted octanol–water partition coefficient (Wildman–Crippen LogP) is 9.77. The van der Waals surface area contributed by atoms with Gasteiger partial charge in [-0.25, -0.2) is 4.39 Å². The largest absolute Gasteiger partial charge is 0.207 e. The van der Waals surface area contributed by atoms with Crippen LogP contribution in [0.3, 0.4) is 0 Å². The summed E-state index contributed by atoms with van der Waals surface area (Å²) in [4.78, 5) is 0. The first-order valence-corrected chi connectivity index (χ1v) is 14.4. The maximum Gasteiger partial charge on any atom is 0.127 e. The summed E-state index contributed by atoms with van der Waals surface area (Å²) in [5.74, 6) is 3.51. The van der Waals surface area contributed by atoms with E-state index in [2.05, 4.69) is 6.92 Å². The summed E-state index contributed by atoms with van der Waals surface area (Å²) < 4.78 is 14.1. The molecule has 0 saturated heterocycles. The minimum atomic E-state index is -0.202. The molecule has 1 aromatic carbocycles. The van der Waals surface area contributed by atoms with Crippen LogP contribution in [-0.2, 0) is 6.42 Å². The smallest absolute Gasteiger partial charge is 0.127 e. The molecule has 0 N–H and O–H groups in total. The quantitative estimate of drug-likeness (QED) is 0.273. The van der Waals surface area contributed by atoms with Crippen molar-refractivity contribution < 1.29 is 4.39 Å². The summed E-state index contributed by atoms with van der Waals surface area (Å²) in [7, 11) is 0. The molecule has 33 heavy (non-hydrogen) atoms. The number of rotatable bonds is 13. The standard InChI is InChI=1S/C31H48FN/c1-2-3-4-5-6-7-8-9-10-25-11-17-28(18-12-25)29-19-13-26(14-20-29)15-21-30-22-16-27(24-33)23-31(30)32/h16,22-23,25-26,28-29H,2-15,17-21H2,1H3. The highest BCUT2D eigenvalue weighted by molar-refractivity contribution is 5.32. The molecule has 0 radical (unpaired) electrons. The Labute approximate surface area is 203 Å². The van der Waals surface area contributed by atoms with Crippen LogP contribution < -0.4 is 0 Å². The molecule has 1 aromatic rings. The molecule has 2 aliphatic carbocycles. The molecule has 3 rings (SSSR count). The summed E-state index contributed by atoms with van der Waals surface area (Å²) in [5.41, 5.74) is 1.20. The van der Waals surface area contributed by atoms with Crippen LogP contribution in [0.1, 0.15) is 134 Å². The third-order valence-corrected chi connectivity index (χ3v) is 8.92. The third kappa shape index (κ3) is 9.07. The van der Waals surface area contributed by atoms with Gasteiger partial charge in [0, 0.05) is 0 Å². The van der Waals surface area contributed by atoms with Gasteiger partial charge < -0.3 is 0 Å². The van der Waals surface area contributed by atoms with E-state index >= 15 is 0 Å². The van der Waals surface area contributed by atoms with Crippen molar-refractivity contribution in [1.29, 1.82) is 5.26 Å². The van der Waals surface area contributed by atoms with Crippen LogP contribution in [0, 0.1) is 40.8 Å². The Hall–Kier alpha value is -1.36. The highest BCUT2D eigenvalue weighted by Gasteiger charge is 2.30. The zero-order valence-corrected chi connectivity index (χ0v) is 21.3. The molecular formula is C31H48FN. The van der Waals surface area contributed by atoms with E-state index in [4.69, 9.17) is 5.26 Å². The topological polar surface area (TPSA) is 23.8 Å². The number of nitrogens with zero attached hydrogens (tertiary/aromatic N) is 1. The third-order valence-electron chi connectivity index (χ3n) is 8.92. The first-order chi connectivity index (χ1) is 16.2. The van der Waals surface area contributed by atoms with E-state index in [0.717, 1.165) is 42.1 Å². The average Bonchev–Trinajstić information content (AvgIpc) is 2.85. The molecule has 184 valence electrons. The van der Waals surface area contributed by atoms with Crippen molar-refractivity contribution in [3.63, 3.8) is 0 Å². The zero-order valence-electron chi connectivity index (χ0n) is 21.3. The van der Waals surface area contributed by atoms with Gasteiger partial charge >= 0.3 is 0 Å². The fourth-order valence-corrected chi connectivity index (χ4v) is 6.64. The molecular weight excluding hydrogens is 405 g/mol. The van der Waals surface area contributed by atoms with E-state index in [9.17, 15) is 4.39 Å². The number of nitriles is 1. The summed E-state index contributed by atoms with van der Waals surface area (Å²) in [5, 5.41) is 8.91. The van der Waals surface area contributed by atoms with Gasteiger partial charge in [0.2, 0.25) is 0 Å². The van der Waals surface area contributed by atoms with Gasteiger partial charge in [0.1, 0.15) is 5.82 Å². The van der Waals surface area contributed by atoms with E-state index in [-0.39, 0.29) is 5.82 Å². The Balaban J connectivity index is 1.24. The second-order valence-electron chi connectivity index (χ2n) is 11.3. The van der Waals surface area contributed by atoms with E-state index < -0.39 is 0 Å². The molecule has 0 aliphatic heterocycles. The van der Waals surface area contributed by atoms with E-state index in [1.165, 1.54) is 115 Å². The van der Waals surface area contributed by atoms with Crippen molar-refractivity contribution in [3.05, 3.63) is 35.1 Å². The van der Waals surface area contributed by atoms with Crippen LogP contribution in [-0.4, -0.2) is 0 Å². The van der Waals surface area contributed by atoms with Crippen LogP contribution in [0.15, 0.2) is 18.2 Å².